The molecule has 1 rings (SSSR count). The molecule has 0 aromatic carbocycles. The quantitative estimate of drug-likeness (QED) is 0.528. The van der Waals surface area contributed by atoms with E-state index < -0.39 is 17.5 Å². The summed E-state index contributed by atoms with van der Waals surface area (Å²) in [7, 11) is 1.32. The van der Waals surface area contributed by atoms with E-state index in [1.807, 2.05) is 13.8 Å². The standard InChI is InChI=1S/C13H22O4/c1-4-10(12(15)16-3)11(14)13(17-5-2)8-6-7-9-13/h10H,4-9H2,1-3H3. The van der Waals surface area contributed by atoms with Gasteiger partial charge in [0.2, 0.25) is 0 Å². The Labute approximate surface area is 103 Å². The first-order valence-corrected chi connectivity index (χ1v) is 6.37. The van der Waals surface area contributed by atoms with E-state index in [0.717, 1.165) is 25.7 Å². The van der Waals surface area contributed by atoms with Crippen molar-refractivity contribution in [2.45, 2.75) is 51.6 Å². The summed E-state index contributed by atoms with van der Waals surface area (Å²) in [5, 5.41) is 0. The Bertz CT molecular complexity index is 279. The van der Waals surface area contributed by atoms with Crippen LogP contribution in [0.1, 0.15) is 46.0 Å². The molecule has 0 aromatic rings. The van der Waals surface area contributed by atoms with Crippen LogP contribution in [0.3, 0.4) is 0 Å². The predicted molar refractivity (Wildman–Crippen MR) is 63.6 cm³/mol. The van der Waals surface area contributed by atoms with Gasteiger partial charge in [0, 0.05) is 6.61 Å². The molecule has 4 nitrogen and oxygen atoms in total. The third kappa shape index (κ3) is 2.86. The van der Waals surface area contributed by atoms with Crippen molar-refractivity contribution in [3.05, 3.63) is 0 Å². The zero-order chi connectivity index (χ0) is 12.9. The van der Waals surface area contributed by atoms with Crippen molar-refractivity contribution in [3.8, 4) is 0 Å². The number of hydrogen-bond donors (Lipinski definition) is 0. The van der Waals surface area contributed by atoms with E-state index in [0.29, 0.717) is 13.0 Å². The van der Waals surface area contributed by atoms with Crippen LogP contribution in [0.2, 0.25) is 0 Å². The number of carbonyl (C=O) groups is 2. The van der Waals surface area contributed by atoms with Crippen LogP contribution in [-0.2, 0) is 19.1 Å². The molecule has 4 heteroatoms. The number of methoxy groups -OCH3 is 1. The maximum atomic E-state index is 12.5. The number of rotatable bonds is 6. The summed E-state index contributed by atoms with van der Waals surface area (Å²) in [6.45, 7) is 4.21. The number of ketones is 1. The molecule has 0 spiro atoms. The Kier molecular flexibility index (Phi) is 5.12. The lowest BCUT2D eigenvalue weighted by molar-refractivity contribution is -0.159. The van der Waals surface area contributed by atoms with Crippen molar-refractivity contribution in [1.29, 1.82) is 0 Å². The molecule has 98 valence electrons. The fourth-order valence-corrected chi connectivity index (χ4v) is 2.60. The fraction of sp³-hybridized carbons (Fsp3) is 0.846. The van der Waals surface area contributed by atoms with E-state index in [4.69, 9.17) is 9.47 Å². The number of carbonyl (C=O) groups excluding carboxylic acids is 2. The van der Waals surface area contributed by atoms with Crippen LogP contribution in [-0.4, -0.2) is 31.1 Å². The average molecular weight is 242 g/mol. The Hall–Kier alpha value is -0.900. The average Bonchev–Trinajstić information content (AvgIpc) is 2.80. The molecule has 0 aliphatic heterocycles. The van der Waals surface area contributed by atoms with Gasteiger partial charge in [0.25, 0.3) is 0 Å². The molecule has 0 aromatic heterocycles. The second-order valence-electron chi connectivity index (χ2n) is 4.48. The first kappa shape index (κ1) is 14.2. The van der Waals surface area contributed by atoms with Gasteiger partial charge in [0.15, 0.2) is 5.78 Å². The maximum absolute atomic E-state index is 12.5. The van der Waals surface area contributed by atoms with Crippen LogP contribution in [0.15, 0.2) is 0 Å². The largest absolute Gasteiger partial charge is 0.468 e. The molecular weight excluding hydrogens is 220 g/mol. The molecule has 0 N–H and O–H groups in total. The third-order valence-corrected chi connectivity index (χ3v) is 3.49. The van der Waals surface area contributed by atoms with Crippen LogP contribution in [0, 0.1) is 5.92 Å². The number of ether oxygens (including phenoxy) is 2. The van der Waals surface area contributed by atoms with E-state index >= 15 is 0 Å². The summed E-state index contributed by atoms with van der Waals surface area (Å²) in [6.07, 6.45) is 3.91. The monoisotopic (exact) mass is 242 g/mol. The maximum Gasteiger partial charge on any atom is 0.316 e. The summed E-state index contributed by atoms with van der Waals surface area (Å²) < 4.78 is 10.4. The molecule has 1 aliphatic carbocycles. The van der Waals surface area contributed by atoms with E-state index in [2.05, 4.69) is 0 Å². The zero-order valence-electron chi connectivity index (χ0n) is 11.0. The van der Waals surface area contributed by atoms with Gasteiger partial charge in [-0.25, -0.2) is 0 Å². The molecule has 1 fully saturated rings. The fourth-order valence-electron chi connectivity index (χ4n) is 2.60. The van der Waals surface area contributed by atoms with Crippen molar-refractivity contribution < 1.29 is 19.1 Å². The second-order valence-corrected chi connectivity index (χ2v) is 4.48. The van der Waals surface area contributed by atoms with Gasteiger partial charge in [0.1, 0.15) is 11.5 Å². The zero-order valence-corrected chi connectivity index (χ0v) is 11.0. The molecule has 1 saturated carbocycles. The highest BCUT2D eigenvalue weighted by Crippen LogP contribution is 2.36. The normalized spacial score (nSPS) is 19.9. The summed E-state index contributed by atoms with van der Waals surface area (Å²) in [5.74, 6) is -1.21. The topological polar surface area (TPSA) is 52.6 Å². The van der Waals surface area contributed by atoms with Gasteiger partial charge in [-0.05, 0) is 39.0 Å². The molecule has 1 atom stereocenters. The van der Waals surface area contributed by atoms with Crippen LogP contribution < -0.4 is 0 Å². The molecule has 0 bridgehead atoms. The first-order chi connectivity index (χ1) is 8.11. The second kappa shape index (κ2) is 6.15. The first-order valence-electron chi connectivity index (χ1n) is 6.37. The van der Waals surface area contributed by atoms with Gasteiger partial charge < -0.3 is 9.47 Å². The van der Waals surface area contributed by atoms with Gasteiger partial charge >= 0.3 is 5.97 Å². The molecular formula is C13H22O4. The predicted octanol–water partition coefficient (Wildman–Crippen LogP) is 2.10. The minimum absolute atomic E-state index is 0.0915. The summed E-state index contributed by atoms with van der Waals surface area (Å²) in [5.41, 5.74) is -0.733. The van der Waals surface area contributed by atoms with Crippen molar-refractivity contribution in [2.24, 2.45) is 5.92 Å². The summed E-state index contributed by atoms with van der Waals surface area (Å²) in [6, 6.07) is 0. The lowest BCUT2D eigenvalue weighted by atomic mass is 9.85. The Morgan fingerprint density at radius 2 is 1.82 bits per heavy atom. The lowest BCUT2D eigenvalue weighted by Gasteiger charge is -2.30. The minimum atomic E-state index is -0.733. The third-order valence-electron chi connectivity index (χ3n) is 3.49. The van der Waals surface area contributed by atoms with Gasteiger partial charge in [-0.15, -0.1) is 0 Å². The van der Waals surface area contributed by atoms with E-state index in [1.165, 1.54) is 7.11 Å². The minimum Gasteiger partial charge on any atom is -0.468 e. The van der Waals surface area contributed by atoms with Gasteiger partial charge in [-0.2, -0.15) is 0 Å². The molecule has 0 heterocycles. The summed E-state index contributed by atoms with van der Waals surface area (Å²) in [4.78, 5) is 24.1. The van der Waals surface area contributed by atoms with Crippen LogP contribution >= 0.6 is 0 Å². The highest BCUT2D eigenvalue weighted by molar-refractivity contribution is 6.03. The number of esters is 1. The molecule has 0 radical (unpaired) electrons. The van der Waals surface area contributed by atoms with Crippen LogP contribution in [0.25, 0.3) is 0 Å². The van der Waals surface area contributed by atoms with Gasteiger partial charge in [-0.1, -0.05) is 6.92 Å². The smallest absolute Gasteiger partial charge is 0.316 e. The highest BCUT2D eigenvalue weighted by atomic mass is 16.5. The lowest BCUT2D eigenvalue weighted by Crippen LogP contribution is -2.45. The Morgan fingerprint density at radius 1 is 1.24 bits per heavy atom. The van der Waals surface area contributed by atoms with E-state index in [1.54, 1.807) is 0 Å². The van der Waals surface area contributed by atoms with Crippen LogP contribution in [0.5, 0.6) is 0 Å². The van der Waals surface area contributed by atoms with Crippen molar-refractivity contribution >= 4 is 11.8 Å². The Balaban J connectivity index is 2.86. The molecule has 0 amide bonds. The number of hydrogen-bond acceptors (Lipinski definition) is 4. The van der Waals surface area contributed by atoms with E-state index in [-0.39, 0.29) is 5.78 Å². The SMILES string of the molecule is CCOC1(C(=O)C(CC)C(=O)OC)CCCC1. The number of Topliss-reactive ketones (excluding diaryl/α,β-unsaturated/α-hetero) is 1. The molecule has 1 unspecified atom stereocenters. The molecule has 1 aliphatic rings. The van der Waals surface area contributed by atoms with Gasteiger partial charge in [-0.3, -0.25) is 9.59 Å². The summed E-state index contributed by atoms with van der Waals surface area (Å²) >= 11 is 0. The van der Waals surface area contributed by atoms with Gasteiger partial charge in [0.05, 0.1) is 7.11 Å². The van der Waals surface area contributed by atoms with Crippen molar-refractivity contribution in [2.75, 3.05) is 13.7 Å². The van der Waals surface area contributed by atoms with E-state index in [9.17, 15) is 9.59 Å². The highest BCUT2D eigenvalue weighted by Gasteiger charge is 2.46. The molecule has 17 heavy (non-hydrogen) atoms. The van der Waals surface area contributed by atoms with Crippen LogP contribution in [0.4, 0.5) is 0 Å². The molecule has 0 saturated heterocycles. The Morgan fingerprint density at radius 3 is 2.24 bits per heavy atom. The van der Waals surface area contributed by atoms with Crippen molar-refractivity contribution in [3.63, 3.8) is 0 Å². The van der Waals surface area contributed by atoms with Crippen molar-refractivity contribution in [1.82, 2.24) is 0 Å².